The van der Waals surface area contributed by atoms with E-state index < -0.39 is 29.6 Å². The lowest BCUT2D eigenvalue weighted by atomic mass is 10.0. The molecule has 7 nitrogen and oxygen atoms in total. The molecule has 2 amide bonds. The number of nitrogens with two attached hydrogens (primary N) is 1. The van der Waals surface area contributed by atoms with E-state index >= 15 is 0 Å². The standard InChI is InChI=1S/C15H20N2O5/c1-15(2,3)22-14(21)17-11(13(19)20)8-9-4-6-10(7-5-9)12(16)18/h4-7,11H,8H2,1-3H3,(H2,16,18)(H,17,21)(H,19,20)/t11-/m0/s1/i/hD. The average molecular weight is 309 g/mol. The highest BCUT2D eigenvalue weighted by molar-refractivity contribution is 5.92. The van der Waals surface area contributed by atoms with Crippen molar-refractivity contribution < 1.29 is 25.6 Å². The smallest absolute Gasteiger partial charge is 0.408 e. The highest BCUT2D eigenvalue weighted by Crippen LogP contribution is 2.09. The largest absolute Gasteiger partial charge is 0.480 e. The van der Waals surface area contributed by atoms with Gasteiger partial charge >= 0.3 is 12.1 Å². The Morgan fingerprint density at radius 2 is 1.91 bits per heavy atom. The Morgan fingerprint density at radius 3 is 2.36 bits per heavy atom. The van der Waals surface area contributed by atoms with Gasteiger partial charge in [-0.05, 0) is 38.5 Å². The van der Waals surface area contributed by atoms with Crippen molar-refractivity contribution in [1.29, 1.82) is 0 Å². The molecule has 0 spiro atoms. The molecule has 1 atom stereocenters. The molecule has 0 aliphatic carbocycles. The third-order valence-electron chi connectivity index (χ3n) is 2.65. The SMILES string of the molecule is [2H]NC(=O)c1ccc(C[C@H](NC(=O)OC(C)(C)C)C(=O)O)cc1. The first-order valence-corrected chi connectivity index (χ1v) is 6.65. The van der Waals surface area contributed by atoms with Crippen LogP contribution in [0.2, 0.25) is 1.41 Å². The zero-order valence-corrected chi connectivity index (χ0v) is 12.7. The van der Waals surface area contributed by atoms with Gasteiger partial charge in [-0.25, -0.2) is 9.59 Å². The second-order valence-electron chi connectivity index (χ2n) is 5.77. The van der Waals surface area contributed by atoms with Gasteiger partial charge in [0.15, 0.2) is 1.41 Å². The first kappa shape index (κ1) is 15.8. The van der Waals surface area contributed by atoms with Crippen LogP contribution in [0.1, 0.15) is 36.7 Å². The number of benzene rings is 1. The number of rotatable bonds is 5. The van der Waals surface area contributed by atoms with Crippen LogP contribution in [-0.2, 0) is 16.0 Å². The molecular weight excluding hydrogens is 288 g/mol. The monoisotopic (exact) mass is 309 g/mol. The van der Waals surface area contributed by atoms with E-state index in [4.69, 9.17) is 6.15 Å². The first-order chi connectivity index (χ1) is 10.6. The number of carboxylic acids is 1. The third kappa shape index (κ3) is 5.82. The Labute approximate surface area is 129 Å². The fourth-order valence-corrected chi connectivity index (χ4v) is 1.68. The fourth-order valence-electron chi connectivity index (χ4n) is 1.68. The van der Waals surface area contributed by atoms with Gasteiger partial charge in [-0.3, -0.25) is 4.79 Å². The summed E-state index contributed by atoms with van der Waals surface area (Å²) in [4.78, 5) is 34.2. The second kappa shape index (κ2) is 6.93. The fraction of sp³-hybridized carbons (Fsp3) is 0.400. The minimum absolute atomic E-state index is 0.0390. The number of amides is 2. The summed E-state index contributed by atoms with van der Waals surface area (Å²) in [6.07, 6.45) is -0.771. The molecule has 0 saturated carbocycles. The molecule has 120 valence electrons. The molecule has 1 aromatic rings. The molecule has 0 bridgehead atoms. The molecular formula is C15H20N2O5. The summed E-state index contributed by atoms with van der Waals surface area (Å²) in [7, 11) is 0. The molecule has 0 aliphatic rings. The van der Waals surface area contributed by atoms with Crippen molar-refractivity contribution in [2.45, 2.75) is 38.8 Å². The molecule has 4 N–H and O–H groups in total. The van der Waals surface area contributed by atoms with Crippen molar-refractivity contribution >= 4 is 18.0 Å². The zero-order valence-electron chi connectivity index (χ0n) is 13.7. The third-order valence-corrected chi connectivity index (χ3v) is 2.65. The van der Waals surface area contributed by atoms with Gasteiger partial charge in [0.1, 0.15) is 11.6 Å². The summed E-state index contributed by atoms with van der Waals surface area (Å²) < 4.78 is 11.8. The Kier molecular flexibility index (Phi) is 4.98. The Hall–Kier alpha value is -2.57. The number of primary amides is 1. The highest BCUT2D eigenvalue weighted by Gasteiger charge is 2.24. The summed E-state index contributed by atoms with van der Waals surface area (Å²) in [5, 5.41) is 11.5. The van der Waals surface area contributed by atoms with Gasteiger partial charge in [-0.1, -0.05) is 12.1 Å². The van der Waals surface area contributed by atoms with E-state index in [9.17, 15) is 19.5 Å². The van der Waals surface area contributed by atoms with Crippen LogP contribution < -0.4 is 11.0 Å². The number of carbonyl (C=O) groups is 3. The van der Waals surface area contributed by atoms with Crippen molar-refractivity contribution in [3.63, 3.8) is 0 Å². The van der Waals surface area contributed by atoms with Crippen molar-refractivity contribution in [2.24, 2.45) is 5.73 Å². The van der Waals surface area contributed by atoms with Crippen molar-refractivity contribution in [3.05, 3.63) is 35.4 Å². The molecule has 0 heterocycles. The minimum Gasteiger partial charge on any atom is -0.480 e. The molecule has 1 rings (SSSR count). The summed E-state index contributed by atoms with van der Waals surface area (Å²) in [5.74, 6) is -1.75. The van der Waals surface area contributed by atoms with E-state index in [-0.39, 0.29) is 12.0 Å². The van der Waals surface area contributed by atoms with E-state index in [0.717, 1.165) is 0 Å². The van der Waals surface area contributed by atoms with Crippen molar-refractivity contribution in [2.75, 3.05) is 0 Å². The molecule has 0 unspecified atom stereocenters. The maximum Gasteiger partial charge on any atom is 0.408 e. The van der Waals surface area contributed by atoms with Gasteiger partial charge < -0.3 is 20.9 Å². The lowest BCUT2D eigenvalue weighted by molar-refractivity contribution is -0.139. The van der Waals surface area contributed by atoms with Crippen LogP contribution >= 0.6 is 0 Å². The van der Waals surface area contributed by atoms with Crippen molar-refractivity contribution in [3.8, 4) is 0 Å². The van der Waals surface area contributed by atoms with Crippen LogP contribution in [0.3, 0.4) is 0 Å². The molecule has 0 radical (unpaired) electrons. The van der Waals surface area contributed by atoms with E-state index in [1.807, 2.05) is 0 Å². The minimum atomic E-state index is -1.19. The Balaban J connectivity index is 2.75. The number of carboxylic acid groups (broad SMARTS) is 1. The normalized spacial score (nSPS) is 12.8. The number of ether oxygens (including phenoxy) is 1. The van der Waals surface area contributed by atoms with Gasteiger partial charge in [0.2, 0.25) is 5.91 Å². The van der Waals surface area contributed by atoms with Crippen molar-refractivity contribution in [1.82, 2.24) is 5.32 Å². The van der Waals surface area contributed by atoms with E-state index in [0.29, 0.717) is 5.56 Å². The maximum atomic E-state index is 11.7. The molecule has 0 saturated heterocycles. The Bertz CT molecular complexity index is 581. The van der Waals surface area contributed by atoms with Crippen LogP contribution in [0.4, 0.5) is 4.79 Å². The van der Waals surface area contributed by atoms with Gasteiger partial charge in [-0.2, -0.15) is 0 Å². The van der Waals surface area contributed by atoms with Gasteiger partial charge in [0, 0.05) is 12.0 Å². The van der Waals surface area contributed by atoms with E-state index in [1.54, 1.807) is 38.6 Å². The second-order valence-corrected chi connectivity index (χ2v) is 5.77. The van der Waals surface area contributed by atoms with Crippen LogP contribution in [0, 0.1) is 0 Å². The van der Waals surface area contributed by atoms with Gasteiger partial charge in [0.05, 0.1) is 0 Å². The lowest BCUT2D eigenvalue weighted by Gasteiger charge is -2.22. The predicted octanol–water partition coefficient (Wildman–Crippen LogP) is 1.31. The van der Waals surface area contributed by atoms with Gasteiger partial charge in [0.25, 0.3) is 0 Å². The summed E-state index contributed by atoms with van der Waals surface area (Å²) in [5.41, 5.74) is 1.94. The molecule has 0 fully saturated rings. The Morgan fingerprint density at radius 1 is 1.32 bits per heavy atom. The quantitative estimate of drug-likeness (QED) is 0.757. The van der Waals surface area contributed by atoms with E-state index in [1.165, 1.54) is 12.1 Å². The van der Waals surface area contributed by atoms with Crippen LogP contribution in [0.15, 0.2) is 24.3 Å². The maximum absolute atomic E-state index is 11.7. The molecule has 7 heteroatoms. The lowest BCUT2D eigenvalue weighted by Crippen LogP contribution is -2.44. The average Bonchev–Trinajstić information content (AvgIpc) is 2.44. The molecule has 22 heavy (non-hydrogen) atoms. The van der Waals surface area contributed by atoms with E-state index in [2.05, 4.69) is 5.32 Å². The first-order valence-electron chi connectivity index (χ1n) is 7.15. The summed E-state index contributed by atoms with van der Waals surface area (Å²) >= 11 is 0. The zero-order chi connectivity index (χ0) is 17.6. The summed E-state index contributed by atoms with van der Waals surface area (Å²) in [6.45, 7) is 5.04. The van der Waals surface area contributed by atoms with Crippen LogP contribution in [-0.4, -0.2) is 34.7 Å². The number of nitrogens with one attached hydrogen (secondary N) is 1. The predicted molar refractivity (Wildman–Crippen MR) is 79.5 cm³/mol. The van der Waals surface area contributed by atoms with Crippen LogP contribution in [0.25, 0.3) is 0 Å². The number of hydrogen-bond donors (Lipinski definition) is 3. The van der Waals surface area contributed by atoms with Gasteiger partial charge in [-0.15, -0.1) is 0 Å². The molecule has 0 aliphatic heterocycles. The molecule has 0 aromatic heterocycles. The highest BCUT2D eigenvalue weighted by atomic mass is 16.6. The number of hydrogen-bond acceptors (Lipinski definition) is 4. The van der Waals surface area contributed by atoms with Crippen LogP contribution in [0.5, 0.6) is 0 Å². The number of aliphatic carboxylic acids is 1. The summed E-state index contributed by atoms with van der Waals surface area (Å²) in [6, 6.07) is 4.94. The number of alkyl carbamates (subject to hydrolysis) is 1. The topological polar surface area (TPSA) is 119 Å². The number of carbonyl (C=O) groups excluding carboxylic acids is 2. The molecule has 1 aromatic carbocycles.